The number of pyridine rings is 1. The van der Waals surface area contributed by atoms with Crippen molar-refractivity contribution in [1.29, 1.82) is 0 Å². The largest absolute Gasteiger partial charge is 0.487 e. The Bertz CT molecular complexity index is 1250. The fraction of sp³-hybridized carbons (Fsp3) is 0.409. The molecule has 7 nitrogen and oxygen atoms in total. The Morgan fingerprint density at radius 3 is 2.76 bits per heavy atom. The monoisotopic (exact) mass is 479 g/mol. The molecular weight excluding hydrogens is 461 g/mol. The van der Waals surface area contributed by atoms with E-state index in [4.69, 9.17) is 10.5 Å². The summed E-state index contributed by atoms with van der Waals surface area (Å²) in [5, 5.41) is 0. The van der Waals surface area contributed by atoms with Gasteiger partial charge in [-0.3, -0.25) is 4.79 Å². The second-order valence-corrected chi connectivity index (χ2v) is 8.94. The number of rotatable bonds is 1. The van der Waals surface area contributed by atoms with Gasteiger partial charge in [0.1, 0.15) is 17.5 Å². The van der Waals surface area contributed by atoms with Crippen LogP contribution in [0.15, 0.2) is 35.5 Å². The van der Waals surface area contributed by atoms with Gasteiger partial charge in [0.2, 0.25) is 0 Å². The molecule has 1 amide bonds. The lowest BCUT2D eigenvalue weighted by Gasteiger charge is -2.30. The molecule has 34 heavy (non-hydrogen) atoms. The van der Waals surface area contributed by atoms with Crippen molar-refractivity contribution in [1.82, 2.24) is 14.8 Å². The maximum atomic E-state index is 14.1. The number of aromatic nitrogens is 1. The van der Waals surface area contributed by atoms with Crippen molar-refractivity contribution < 1.29 is 31.5 Å². The fourth-order valence-electron chi connectivity index (χ4n) is 5.31. The minimum Gasteiger partial charge on any atom is -0.487 e. The van der Waals surface area contributed by atoms with E-state index in [0.717, 1.165) is 12.1 Å². The molecule has 12 heteroatoms. The van der Waals surface area contributed by atoms with Crippen molar-refractivity contribution in [2.75, 3.05) is 13.1 Å². The molecule has 0 unspecified atom stereocenters. The van der Waals surface area contributed by atoms with Crippen molar-refractivity contribution in [3.05, 3.63) is 52.8 Å². The summed E-state index contributed by atoms with van der Waals surface area (Å²) in [5.74, 6) is -3.31. The van der Waals surface area contributed by atoms with Gasteiger partial charge in [-0.25, -0.2) is 18.8 Å². The molecule has 4 aliphatic rings. The molecule has 1 aromatic carbocycles. The highest BCUT2D eigenvalue weighted by molar-refractivity contribution is 5.94. The quantitative estimate of drug-likeness (QED) is 0.630. The van der Waals surface area contributed by atoms with E-state index in [1.54, 1.807) is 0 Å². The van der Waals surface area contributed by atoms with E-state index in [9.17, 15) is 26.7 Å². The first-order valence-corrected chi connectivity index (χ1v) is 10.7. The number of nitrogens with zero attached hydrogens (tertiary/aromatic N) is 4. The maximum absolute atomic E-state index is 14.1. The number of guanidine groups is 1. The molecule has 0 spiro atoms. The summed E-state index contributed by atoms with van der Waals surface area (Å²) in [5.41, 5.74) is 6.35. The van der Waals surface area contributed by atoms with Gasteiger partial charge in [-0.05, 0) is 18.2 Å². The van der Waals surface area contributed by atoms with Crippen LogP contribution in [0.25, 0.3) is 0 Å². The zero-order valence-electron chi connectivity index (χ0n) is 17.5. The molecule has 0 saturated carbocycles. The molecular formula is C22H18F5N5O2. The van der Waals surface area contributed by atoms with Crippen molar-refractivity contribution in [3.63, 3.8) is 0 Å². The first kappa shape index (κ1) is 21.1. The van der Waals surface area contributed by atoms with Crippen molar-refractivity contribution in [3.8, 4) is 5.75 Å². The number of carbonyl (C=O) groups is 1. The molecule has 3 atom stereocenters. The average Bonchev–Trinajstić information content (AvgIpc) is 3.43. The standard InChI is InChI=1S/C22H18F5N5O2/c23-21(24)7-15-12-6-13(29-8-14(12)30-20(28)32(15)9-21)19(33)31-4-3-16-18(31)11-2-1-10(22(25,26)27)5-17(11)34-16/h1-2,5-6,8,15-16,18H,3-4,7,9H2,(H2,28,30)/t15-,16+,18+/m1/s1. The van der Waals surface area contributed by atoms with Crippen LogP contribution >= 0.6 is 0 Å². The number of likely N-dealkylation sites (tertiary alicyclic amines) is 1. The van der Waals surface area contributed by atoms with Gasteiger partial charge in [-0.15, -0.1) is 0 Å². The number of alkyl halides is 5. The smallest absolute Gasteiger partial charge is 0.416 e. The van der Waals surface area contributed by atoms with Gasteiger partial charge in [0.05, 0.1) is 36.1 Å². The molecule has 6 rings (SSSR count). The second kappa shape index (κ2) is 6.80. The summed E-state index contributed by atoms with van der Waals surface area (Å²) in [6, 6.07) is 3.45. The molecule has 0 bridgehead atoms. The van der Waals surface area contributed by atoms with Crippen LogP contribution in [0.1, 0.15) is 52.1 Å². The van der Waals surface area contributed by atoms with Crippen LogP contribution in [-0.2, 0) is 6.18 Å². The van der Waals surface area contributed by atoms with Gasteiger partial charge in [-0.1, -0.05) is 6.07 Å². The van der Waals surface area contributed by atoms with E-state index in [1.165, 1.54) is 28.1 Å². The second-order valence-electron chi connectivity index (χ2n) is 8.94. The number of ether oxygens (including phenoxy) is 1. The number of hydrogen-bond acceptors (Lipinski definition) is 6. The molecule has 2 aromatic rings. The first-order valence-electron chi connectivity index (χ1n) is 10.7. The summed E-state index contributed by atoms with van der Waals surface area (Å²) in [6.45, 7) is -0.228. The average molecular weight is 479 g/mol. The molecule has 1 aromatic heterocycles. The SMILES string of the molecule is NC1=Nc2cnc(C(=O)N3CC[C@@H]4Oc5cc(C(F)(F)F)ccc5[C@@H]43)cc2[C@H]2CC(F)(F)CN12. The minimum atomic E-state index is -4.50. The predicted octanol–water partition coefficient (Wildman–Crippen LogP) is 3.79. The Morgan fingerprint density at radius 2 is 2.00 bits per heavy atom. The number of amides is 1. The number of nitrogens with two attached hydrogens (primary N) is 1. The number of fused-ring (bicyclic) bond motifs is 6. The zero-order valence-corrected chi connectivity index (χ0v) is 17.5. The van der Waals surface area contributed by atoms with Crippen LogP contribution in [0.2, 0.25) is 0 Å². The Hall–Kier alpha value is -3.44. The van der Waals surface area contributed by atoms with Gasteiger partial charge in [0.15, 0.2) is 5.96 Å². The van der Waals surface area contributed by atoms with E-state index in [0.29, 0.717) is 29.8 Å². The molecule has 0 aliphatic carbocycles. The van der Waals surface area contributed by atoms with Gasteiger partial charge >= 0.3 is 6.18 Å². The summed E-state index contributed by atoms with van der Waals surface area (Å²) in [6.07, 6.45) is -3.64. The number of benzene rings is 1. The number of hydrogen-bond donors (Lipinski definition) is 1. The lowest BCUT2D eigenvalue weighted by molar-refractivity contribution is -0.137. The van der Waals surface area contributed by atoms with E-state index in [-0.39, 0.29) is 17.4 Å². The van der Waals surface area contributed by atoms with Gasteiger partial charge < -0.3 is 20.3 Å². The lowest BCUT2D eigenvalue weighted by Crippen LogP contribution is -2.40. The highest BCUT2D eigenvalue weighted by atomic mass is 19.4. The van der Waals surface area contributed by atoms with Crippen LogP contribution in [0, 0.1) is 0 Å². The summed E-state index contributed by atoms with van der Waals surface area (Å²) in [7, 11) is 0. The number of carbonyl (C=O) groups excluding carboxylic acids is 1. The summed E-state index contributed by atoms with van der Waals surface area (Å²) in [4.78, 5) is 24.6. The summed E-state index contributed by atoms with van der Waals surface area (Å²) >= 11 is 0. The van der Waals surface area contributed by atoms with Crippen LogP contribution in [-0.4, -0.2) is 51.8 Å². The highest BCUT2D eigenvalue weighted by Crippen LogP contribution is 2.49. The summed E-state index contributed by atoms with van der Waals surface area (Å²) < 4.78 is 73.1. The van der Waals surface area contributed by atoms with E-state index < -0.39 is 54.7 Å². The Labute approximate surface area is 190 Å². The van der Waals surface area contributed by atoms with Crippen molar-refractivity contribution >= 4 is 17.6 Å². The minimum absolute atomic E-state index is 0.0177. The Kier molecular flexibility index (Phi) is 4.22. The van der Waals surface area contributed by atoms with Crippen LogP contribution in [0.4, 0.5) is 27.6 Å². The molecule has 178 valence electrons. The maximum Gasteiger partial charge on any atom is 0.416 e. The Balaban J connectivity index is 1.32. The number of aliphatic imine (C=N–C) groups is 1. The van der Waals surface area contributed by atoms with E-state index in [1.807, 2.05) is 0 Å². The van der Waals surface area contributed by atoms with Gasteiger partial charge in [0, 0.05) is 30.5 Å². The normalized spacial score (nSPS) is 26.4. The molecule has 2 fully saturated rings. The first-order chi connectivity index (χ1) is 16.0. The fourth-order valence-corrected chi connectivity index (χ4v) is 5.31. The molecule has 5 heterocycles. The third-order valence-electron chi connectivity index (χ3n) is 6.83. The van der Waals surface area contributed by atoms with Crippen molar-refractivity contribution in [2.45, 2.75) is 43.1 Å². The van der Waals surface area contributed by atoms with E-state index >= 15 is 0 Å². The highest BCUT2D eigenvalue weighted by Gasteiger charge is 2.50. The lowest BCUT2D eigenvalue weighted by atomic mass is 10.00. The van der Waals surface area contributed by atoms with Gasteiger partial charge in [0.25, 0.3) is 11.8 Å². The Morgan fingerprint density at radius 1 is 1.21 bits per heavy atom. The van der Waals surface area contributed by atoms with Crippen LogP contribution < -0.4 is 10.5 Å². The molecule has 2 saturated heterocycles. The molecule has 4 aliphatic heterocycles. The molecule has 2 N–H and O–H groups in total. The third-order valence-corrected chi connectivity index (χ3v) is 6.83. The van der Waals surface area contributed by atoms with Crippen LogP contribution in [0.5, 0.6) is 5.75 Å². The third kappa shape index (κ3) is 3.11. The predicted molar refractivity (Wildman–Crippen MR) is 109 cm³/mol. The zero-order chi connectivity index (χ0) is 24.0. The molecule has 0 radical (unpaired) electrons. The number of halogens is 5. The van der Waals surface area contributed by atoms with Crippen molar-refractivity contribution in [2.24, 2.45) is 10.7 Å². The van der Waals surface area contributed by atoms with Gasteiger partial charge in [-0.2, -0.15) is 13.2 Å². The topological polar surface area (TPSA) is 84.0 Å². The van der Waals surface area contributed by atoms with Crippen LogP contribution in [0.3, 0.4) is 0 Å². The van der Waals surface area contributed by atoms with E-state index in [2.05, 4.69) is 9.98 Å².